The quantitative estimate of drug-likeness (QED) is 0.458. The van der Waals surface area contributed by atoms with Crippen LogP contribution in [0.3, 0.4) is 0 Å². The highest BCUT2D eigenvalue weighted by atomic mass is 32.1. The lowest BCUT2D eigenvalue weighted by Crippen LogP contribution is -1.82. The van der Waals surface area contributed by atoms with E-state index in [1.807, 2.05) is 6.92 Å². The highest BCUT2D eigenvalue weighted by Gasteiger charge is 1.82. The second kappa shape index (κ2) is 2.58. The number of hydrogen-bond donors (Lipinski definition) is 0. The van der Waals surface area contributed by atoms with E-state index in [1.54, 1.807) is 0 Å². The van der Waals surface area contributed by atoms with Crippen LogP contribution in [0.15, 0.2) is 0 Å². The SMILES string of the molecule is [CH2]CC(C)[S]. The first-order chi connectivity index (χ1) is 2.27. The Bertz CT molecular complexity index is 17.6. The van der Waals surface area contributed by atoms with Gasteiger partial charge in [-0.2, -0.15) is 0 Å². The Morgan fingerprint density at radius 2 is 2.20 bits per heavy atom. The molecule has 0 heterocycles. The zero-order chi connectivity index (χ0) is 4.28. The van der Waals surface area contributed by atoms with Crippen molar-refractivity contribution < 1.29 is 0 Å². The van der Waals surface area contributed by atoms with Gasteiger partial charge in [0.15, 0.2) is 0 Å². The summed E-state index contributed by atoms with van der Waals surface area (Å²) in [5.41, 5.74) is 0. The van der Waals surface area contributed by atoms with Gasteiger partial charge >= 0.3 is 0 Å². The molecule has 0 N–H and O–H groups in total. The molecule has 0 aromatic rings. The fourth-order valence-corrected chi connectivity index (χ4v) is 0. The Morgan fingerprint density at radius 1 is 2.00 bits per heavy atom. The molecule has 0 aliphatic rings. The van der Waals surface area contributed by atoms with Crippen LogP contribution in [-0.4, -0.2) is 5.25 Å². The molecule has 0 bridgehead atoms. The first kappa shape index (κ1) is 5.35. The van der Waals surface area contributed by atoms with Crippen molar-refractivity contribution in [1.29, 1.82) is 0 Å². The molecule has 0 amide bonds. The van der Waals surface area contributed by atoms with Crippen molar-refractivity contribution in [2.45, 2.75) is 18.6 Å². The van der Waals surface area contributed by atoms with E-state index in [-0.39, 0.29) is 0 Å². The van der Waals surface area contributed by atoms with Crippen molar-refractivity contribution in [3.63, 3.8) is 0 Å². The van der Waals surface area contributed by atoms with Gasteiger partial charge in [-0.15, -0.1) is 0 Å². The summed E-state index contributed by atoms with van der Waals surface area (Å²) in [5, 5.41) is 0.356. The van der Waals surface area contributed by atoms with Crippen molar-refractivity contribution in [2.75, 3.05) is 0 Å². The van der Waals surface area contributed by atoms with Gasteiger partial charge < -0.3 is 0 Å². The molecule has 0 nitrogen and oxygen atoms in total. The smallest absolute Gasteiger partial charge is 0.0123 e. The molecule has 0 spiro atoms. The molecule has 1 unspecified atom stereocenters. The molecule has 0 aliphatic carbocycles. The second-order valence-electron chi connectivity index (χ2n) is 1.10. The van der Waals surface area contributed by atoms with Crippen molar-refractivity contribution in [2.24, 2.45) is 0 Å². The Kier molecular flexibility index (Phi) is 2.76. The van der Waals surface area contributed by atoms with Crippen LogP contribution in [0.5, 0.6) is 0 Å². The van der Waals surface area contributed by atoms with Crippen molar-refractivity contribution in [3.05, 3.63) is 6.92 Å². The van der Waals surface area contributed by atoms with Crippen LogP contribution < -0.4 is 0 Å². The molecule has 1 atom stereocenters. The van der Waals surface area contributed by atoms with Crippen LogP contribution in [0.2, 0.25) is 0 Å². The molecule has 0 saturated heterocycles. The fraction of sp³-hybridized carbons (Fsp3) is 0.750. The minimum Gasteiger partial charge on any atom is -0.0907 e. The van der Waals surface area contributed by atoms with Crippen LogP contribution in [0.25, 0.3) is 0 Å². The minimum atomic E-state index is 0.356. The van der Waals surface area contributed by atoms with Gasteiger partial charge in [-0.3, -0.25) is 0 Å². The average Bonchev–Trinajstić information content (AvgIpc) is 1.38. The molecular weight excluding hydrogens is 80.1 g/mol. The van der Waals surface area contributed by atoms with Crippen LogP contribution in [-0.2, 0) is 0 Å². The zero-order valence-electron chi connectivity index (χ0n) is 3.40. The third-order valence-electron chi connectivity index (χ3n) is 0.407. The fourth-order valence-electron chi connectivity index (χ4n) is 0. The molecular formula is C4H8S. The predicted molar refractivity (Wildman–Crippen MR) is 27.0 cm³/mol. The molecule has 2 radical (unpaired) electrons. The molecule has 0 saturated carbocycles. The molecule has 0 aromatic carbocycles. The Morgan fingerprint density at radius 3 is 2.20 bits per heavy atom. The molecule has 5 heavy (non-hydrogen) atoms. The van der Waals surface area contributed by atoms with Gasteiger partial charge in [0.05, 0.1) is 0 Å². The zero-order valence-corrected chi connectivity index (χ0v) is 4.22. The van der Waals surface area contributed by atoms with E-state index in [1.165, 1.54) is 0 Å². The van der Waals surface area contributed by atoms with Crippen molar-refractivity contribution >= 4 is 12.6 Å². The van der Waals surface area contributed by atoms with E-state index in [2.05, 4.69) is 6.92 Å². The van der Waals surface area contributed by atoms with Crippen molar-refractivity contribution in [1.82, 2.24) is 0 Å². The summed E-state index contributed by atoms with van der Waals surface area (Å²) < 4.78 is 0. The van der Waals surface area contributed by atoms with Crippen molar-refractivity contribution in [3.8, 4) is 0 Å². The molecule has 0 fully saturated rings. The van der Waals surface area contributed by atoms with Crippen LogP contribution >= 0.6 is 12.6 Å². The largest absolute Gasteiger partial charge is 0.0907 e. The summed E-state index contributed by atoms with van der Waals surface area (Å²) in [6, 6.07) is 0. The normalized spacial score (nSPS) is 15.0. The third kappa shape index (κ3) is 4.35. The van der Waals surface area contributed by atoms with E-state index in [0.29, 0.717) is 5.25 Å². The van der Waals surface area contributed by atoms with E-state index in [0.717, 1.165) is 6.42 Å². The maximum absolute atomic E-state index is 4.72. The van der Waals surface area contributed by atoms with Gasteiger partial charge in [-0.1, -0.05) is 26.5 Å². The Balaban J connectivity index is 2.54. The summed E-state index contributed by atoms with van der Waals surface area (Å²) in [6.07, 6.45) is 0.870. The van der Waals surface area contributed by atoms with Gasteiger partial charge in [-0.25, -0.2) is 0 Å². The standard InChI is InChI=1S/C4H8S/c1-3-4(2)5/h4H,1,3H2,2H3. The van der Waals surface area contributed by atoms with Crippen LogP contribution in [0.4, 0.5) is 0 Å². The predicted octanol–water partition coefficient (Wildman–Crippen LogP) is 1.80. The summed E-state index contributed by atoms with van der Waals surface area (Å²) >= 11 is 4.72. The van der Waals surface area contributed by atoms with E-state index in [4.69, 9.17) is 12.6 Å². The topological polar surface area (TPSA) is 0 Å². The van der Waals surface area contributed by atoms with Gasteiger partial charge in [0.1, 0.15) is 0 Å². The van der Waals surface area contributed by atoms with Crippen LogP contribution in [0.1, 0.15) is 13.3 Å². The summed E-state index contributed by atoms with van der Waals surface area (Å²) in [4.78, 5) is 0. The lowest BCUT2D eigenvalue weighted by molar-refractivity contribution is 0.988. The molecule has 0 aromatic heterocycles. The first-order valence-electron chi connectivity index (χ1n) is 1.72. The van der Waals surface area contributed by atoms with E-state index in [9.17, 15) is 0 Å². The lowest BCUT2D eigenvalue weighted by atomic mass is 10.4. The highest BCUT2D eigenvalue weighted by molar-refractivity contribution is 7.80. The van der Waals surface area contributed by atoms with Crippen LogP contribution in [0, 0.1) is 6.92 Å². The molecule has 0 rings (SSSR count). The molecule has 30 valence electrons. The monoisotopic (exact) mass is 88.0 g/mol. The minimum absolute atomic E-state index is 0.356. The molecule has 0 aliphatic heterocycles. The molecule has 1 heteroatoms. The summed E-state index contributed by atoms with van der Waals surface area (Å²) in [6.45, 7) is 5.56. The van der Waals surface area contributed by atoms with E-state index >= 15 is 0 Å². The van der Waals surface area contributed by atoms with Gasteiger partial charge in [-0.05, 0) is 6.42 Å². The van der Waals surface area contributed by atoms with Gasteiger partial charge in [0, 0.05) is 5.25 Å². The van der Waals surface area contributed by atoms with Gasteiger partial charge in [0.25, 0.3) is 0 Å². The average molecular weight is 88.2 g/mol. The Labute approximate surface area is 39.0 Å². The number of hydrogen-bond acceptors (Lipinski definition) is 0. The lowest BCUT2D eigenvalue weighted by Gasteiger charge is -1.87. The summed E-state index contributed by atoms with van der Waals surface area (Å²) in [5.74, 6) is 0. The first-order valence-corrected chi connectivity index (χ1v) is 2.19. The summed E-state index contributed by atoms with van der Waals surface area (Å²) in [7, 11) is 0. The second-order valence-corrected chi connectivity index (χ2v) is 1.90. The Hall–Kier alpha value is 0.350. The van der Waals surface area contributed by atoms with E-state index < -0.39 is 0 Å². The third-order valence-corrected chi connectivity index (χ3v) is 0.642. The van der Waals surface area contributed by atoms with Gasteiger partial charge in [0.2, 0.25) is 0 Å². The maximum Gasteiger partial charge on any atom is 0.0123 e. The number of rotatable bonds is 1. The maximum atomic E-state index is 4.72. The highest BCUT2D eigenvalue weighted by Crippen LogP contribution is 1.93.